The highest BCUT2D eigenvalue weighted by molar-refractivity contribution is 5.16. The van der Waals surface area contributed by atoms with Crippen molar-refractivity contribution in [3.63, 3.8) is 0 Å². The lowest BCUT2D eigenvalue weighted by molar-refractivity contribution is 0.0561. The monoisotopic (exact) mass is 252 g/mol. The van der Waals surface area contributed by atoms with Crippen molar-refractivity contribution in [2.75, 3.05) is 26.8 Å². The Morgan fingerprint density at radius 1 is 1.39 bits per heavy atom. The van der Waals surface area contributed by atoms with Gasteiger partial charge in [0, 0.05) is 38.8 Å². The minimum absolute atomic E-state index is 0.180. The van der Waals surface area contributed by atoms with Crippen LogP contribution in [0.1, 0.15) is 12.5 Å². The van der Waals surface area contributed by atoms with Crippen LogP contribution in [-0.4, -0.2) is 43.8 Å². The van der Waals surface area contributed by atoms with E-state index in [1.807, 2.05) is 12.1 Å². The van der Waals surface area contributed by atoms with E-state index in [9.17, 15) is 4.39 Å². The van der Waals surface area contributed by atoms with Crippen LogP contribution < -0.4 is 5.32 Å². The molecule has 100 valence electrons. The predicted octanol–water partition coefficient (Wildman–Crippen LogP) is 1.63. The van der Waals surface area contributed by atoms with Crippen molar-refractivity contribution in [1.82, 2.24) is 10.2 Å². The van der Waals surface area contributed by atoms with E-state index in [1.165, 1.54) is 12.1 Å². The first-order chi connectivity index (χ1) is 8.69. The summed E-state index contributed by atoms with van der Waals surface area (Å²) >= 11 is 0. The molecule has 0 radical (unpaired) electrons. The fourth-order valence-electron chi connectivity index (χ4n) is 2.41. The Hall–Kier alpha value is -0.970. The second kappa shape index (κ2) is 6.27. The topological polar surface area (TPSA) is 24.5 Å². The first-order valence-electron chi connectivity index (χ1n) is 6.40. The molecule has 0 saturated carbocycles. The average Bonchev–Trinajstić information content (AvgIpc) is 2.36. The van der Waals surface area contributed by atoms with Gasteiger partial charge in [0.2, 0.25) is 0 Å². The average molecular weight is 252 g/mol. The third-order valence-corrected chi connectivity index (χ3v) is 3.38. The molecule has 3 nitrogen and oxygen atoms in total. The Balaban J connectivity index is 2.01. The van der Waals surface area contributed by atoms with Crippen LogP contribution in [0.3, 0.4) is 0 Å². The Labute approximate surface area is 108 Å². The first-order valence-corrected chi connectivity index (χ1v) is 6.40. The maximum Gasteiger partial charge on any atom is 0.123 e. The van der Waals surface area contributed by atoms with Crippen LogP contribution >= 0.6 is 0 Å². The van der Waals surface area contributed by atoms with E-state index < -0.39 is 0 Å². The molecule has 1 aliphatic heterocycles. The molecule has 1 aromatic carbocycles. The van der Waals surface area contributed by atoms with Crippen LogP contribution in [0.25, 0.3) is 0 Å². The van der Waals surface area contributed by atoms with Gasteiger partial charge >= 0.3 is 0 Å². The van der Waals surface area contributed by atoms with Gasteiger partial charge < -0.3 is 10.1 Å². The van der Waals surface area contributed by atoms with Gasteiger partial charge in [-0.3, -0.25) is 4.90 Å². The van der Waals surface area contributed by atoms with E-state index in [0.717, 1.165) is 31.8 Å². The highest BCUT2D eigenvalue weighted by Gasteiger charge is 2.25. The van der Waals surface area contributed by atoms with Gasteiger partial charge in [-0.25, -0.2) is 4.39 Å². The zero-order chi connectivity index (χ0) is 13.0. The molecule has 18 heavy (non-hydrogen) atoms. The molecule has 0 bridgehead atoms. The summed E-state index contributed by atoms with van der Waals surface area (Å²) in [5.41, 5.74) is 1.15. The zero-order valence-electron chi connectivity index (χ0n) is 11.0. The van der Waals surface area contributed by atoms with Crippen molar-refractivity contribution in [2.24, 2.45) is 0 Å². The molecule has 2 unspecified atom stereocenters. The summed E-state index contributed by atoms with van der Waals surface area (Å²) in [5, 5.41) is 3.46. The van der Waals surface area contributed by atoms with E-state index in [4.69, 9.17) is 4.74 Å². The van der Waals surface area contributed by atoms with Crippen LogP contribution in [-0.2, 0) is 11.3 Å². The summed E-state index contributed by atoms with van der Waals surface area (Å²) in [6.45, 7) is 5.68. The van der Waals surface area contributed by atoms with Crippen molar-refractivity contribution in [3.8, 4) is 0 Å². The number of nitrogens with one attached hydrogen (secondary N) is 1. The summed E-state index contributed by atoms with van der Waals surface area (Å²) in [4.78, 5) is 2.40. The fourth-order valence-corrected chi connectivity index (χ4v) is 2.41. The quantitative estimate of drug-likeness (QED) is 0.881. The van der Waals surface area contributed by atoms with Crippen molar-refractivity contribution in [1.29, 1.82) is 0 Å². The fraction of sp³-hybridized carbons (Fsp3) is 0.571. The number of benzene rings is 1. The third-order valence-electron chi connectivity index (χ3n) is 3.38. The molecule has 1 heterocycles. The van der Waals surface area contributed by atoms with Gasteiger partial charge in [-0.2, -0.15) is 0 Å². The lowest BCUT2D eigenvalue weighted by Gasteiger charge is -2.39. The second-order valence-corrected chi connectivity index (χ2v) is 4.97. The zero-order valence-corrected chi connectivity index (χ0v) is 11.0. The van der Waals surface area contributed by atoms with Crippen LogP contribution in [0.15, 0.2) is 24.3 Å². The second-order valence-electron chi connectivity index (χ2n) is 4.97. The van der Waals surface area contributed by atoms with Gasteiger partial charge in [0.05, 0.1) is 6.61 Å². The van der Waals surface area contributed by atoms with E-state index >= 15 is 0 Å². The predicted molar refractivity (Wildman–Crippen MR) is 69.9 cm³/mol. The minimum atomic E-state index is -0.180. The number of hydrogen-bond acceptors (Lipinski definition) is 3. The summed E-state index contributed by atoms with van der Waals surface area (Å²) < 4.78 is 18.1. The Morgan fingerprint density at radius 2 is 2.11 bits per heavy atom. The highest BCUT2D eigenvalue weighted by atomic mass is 19.1. The molecule has 0 spiro atoms. The summed E-state index contributed by atoms with van der Waals surface area (Å²) in [5.74, 6) is -0.180. The molecule has 1 aromatic rings. The maximum absolute atomic E-state index is 12.9. The SMILES string of the molecule is COCC1CNC(C)CN1Cc1ccc(F)cc1. The number of rotatable bonds is 4. The van der Waals surface area contributed by atoms with Gasteiger partial charge in [0.25, 0.3) is 0 Å². The molecule has 1 aliphatic rings. The number of hydrogen-bond donors (Lipinski definition) is 1. The van der Waals surface area contributed by atoms with E-state index in [1.54, 1.807) is 7.11 Å². The Kier molecular flexibility index (Phi) is 4.69. The molecule has 0 aromatic heterocycles. The van der Waals surface area contributed by atoms with Gasteiger partial charge in [0.15, 0.2) is 0 Å². The molecule has 4 heteroatoms. The molecule has 0 aliphatic carbocycles. The molecule has 1 fully saturated rings. The van der Waals surface area contributed by atoms with Gasteiger partial charge in [-0.05, 0) is 24.6 Å². The van der Waals surface area contributed by atoms with Crippen LogP contribution in [0, 0.1) is 5.82 Å². The number of ether oxygens (including phenoxy) is 1. The lowest BCUT2D eigenvalue weighted by Crippen LogP contribution is -2.56. The van der Waals surface area contributed by atoms with Crippen molar-refractivity contribution in [3.05, 3.63) is 35.6 Å². The van der Waals surface area contributed by atoms with Gasteiger partial charge in [-0.1, -0.05) is 12.1 Å². The smallest absolute Gasteiger partial charge is 0.123 e. The molecule has 0 amide bonds. The Bertz CT molecular complexity index is 369. The molecule has 2 rings (SSSR count). The van der Waals surface area contributed by atoms with Gasteiger partial charge in [-0.15, -0.1) is 0 Å². The summed E-state index contributed by atoms with van der Waals surface area (Å²) in [7, 11) is 1.73. The largest absolute Gasteiger partial charge is 0.383 e. The molecule has 2 atom stereocenters. The van der Waals surface area contributed by atoms with Crippen molar-refractivity contribution in [2.45, 2.75) is 25.6 Å². The lowest BCUT2D eigenvalue weighted by atomic mass is 10.1. The number of nitrogens with zero attached hydrogens (tertiary/aromatic N) is 1. The molecule has 1 N–H and O–H groups in total. The summed E-state index contributed by atoms with van der Waals surface area (Å²) in [6, 6.07) is 7.62. The van der Waals surface area contributed by atoms with Crippen LogP contribution in [0.5, 0.6) is 0 Å². The number of piperazine rings is 1. The van der Waals surface area contributed by atoms with Crippen LogP contribution in [0.4, 0.5) is 4.39 Å². The maximum atomic E-state index is 12.9. The van der Waals surface area contributed by atoms with Crippen molar-refractivity contribution >= 4 is 0 Å². The van der Waals surface area contributed by atoms with Crippen LogP contribution in [0.2, 0.25) is 0 Å². The Morgan fingerprint density at radius 3 is 2.78 bits per heavy atom. The first kappa shape index (κ1) is 13.5. The van der Waals surface area contributed by atoms with E-state index in [-0.39, 0.29) is 5.82 Å². The molecular weight excluding hydrogens is 231 g/mol. The van der Waals surface area contributed by atoms with Gasteiger partial charge in [0.1, 0.15) is 5.82 Å². The number of methoxy groups -OCH3 is 1. The molecule has 1 saturated heterocycles. The van der Waals surface area contributed by atoms with E-state index in [0.29, 0.717) is 12.1 Å². The number of halogens is 1. The summed E-state index contributed by atoms with van der Waals surface area (Å²) in [6.07, 6.45) is 0. The standard InChI is InChI=1S/C14H21FN2O/c1-11-8-17(14(7-16-11)10-18-2)9-12-3-5-13(15)6-4-12/h3-6,11,14,16H,7-10H2,1-2H3. The highest BCUT2D eigenvalue weighted by Crippen LogP contribution is 2.13. The minimum Gasteiger partial charge on any atom is -0.383 e. The third kappa shape index (κ3) is 3.51. The van der Waals surface area contributed by atoms with Crippen molar-refractivity contribution < 1.29 is 9.13 Å². The molecular formula is C14H21FN2O. The van der Waals surface area contributed by atoms with E-state index in [2.05, 4.69) is 17.1 Å². The normalized spacial score (nSPS) is 25.3.